The number of carbonyl (C=O) groups excluding carboxylic acids is 1. The normalized spacial score (nSPS) is 15.3. The topological polar surface area (TPSA) is 36.4 Å². The van der Waals surface area contributed by atoms with E-state index in [1.807, 2.05) is 42.5 Å². The van der Waals surface area contributed by atoms with Gasteiger partial charge in [-0.25, -0.2) is 0 Å². The van der Waals surface area contributed by atoms with Crippen molar-refractivity contribution in [1.29, 1.82) is 0 Å². The number of likely N-dealkylation sites (N-methyl/N-ethyl adjacent to an activating group) is 1. The van der Waals surface area contributed by atoms with Crippen LogP contribution in [0.15, 0.2) is 83.8 Å². The molecule has 0 unspecified atom stereocenters. The third-order valence-corrected chi connectivity index (χ3v) is 8.54. The summed E-state index contributed by atoms with van der Waals surface area (Å²) < 4.78 is 2.90. The van der Waals surface area contributed by atoms with Crippen LogP contribution in [0, 0.1) is 0 Å². The van der Waals surface area contributed by atoms with Crippen molar-refractivity contribution < 1.29 is 4.79 Å². The first-order valence-electron chi connectivity index (χ1n) is 9.62. The van der Waals surface area contributed by atoms with Gasteiger partial charge in [0.05, 0.1) is 0 Å². The molecular formula is C24H17N3OS2Se. The Labute approximate surface area is 195 Å². The van der Waals surface area contributed by atoms with Gasteiger partial charge in [0.15, 0.2) is 0 Å². The van der Waals surface area contributed by atoms with Gasteiger partial charge in [-0.1, -0.05) is 0 Å². The number of carbonyl (C=O) groups is 1. The second-order valence-corrected chi connectivity index (χ2v) is 10.9. The Hall–Kier alpha value is -2.70. The predicted molar refractivity (Wildman–Crippen MR) is 134 cm³/mol. The van der Waals surface area contributed by atoms with Gasteiger partial charge in [0, 0.05) is 0 Å². The van der Waals surface area contributed by atoms with Gasteiger partial charge >= 0.3 is 197 Å². The Balaban J connectivity index is 1.57. The molecule has 1 fully saturated rings. The predicted octanol–water partition coefficient (Wildman–Crippen LogP) is 5.59. The number of amides is 1. The van der Waals surface area contributed by atoms with Crippen LogP contribution in [0.1, 0.15) is 4.44 Å². The van der Waals surface area contributed by atoms with E-state index in [2.05, 4.69) is 47.4 Å². The zero-order valence-corrected chi connectivity index (χ0v) is 19.9. The van der Waals surface area contributed by atoms with E-state index in [1.165, 1.54) is 21.2 Å². The van der Waals surface area contributed by atoms with Crippen LogP contribution in [0.4, 0.5) is 16.1 Å². The van der Waals surface area contributed by atoms with Gasteiger partial charge in [0.1, 0.15) is 0 Å². The van der Waals surface area contributed by atoms with Crippen molar-refractivity contribution in [1.82, 2.24) is 9.88 Å². The first-order valence-corrected chi connectivity index (χ1v) is 12.6. The van der Waals surface area contributed by atoms with E-state index in [-0.39, 0.29) is 20.4 Å². The molecule has 31 heavy (non-hydrogen) atoms. The molecule has 0 N–H and O–H groups in total. The minimum absolute atomic E-state index is 0.0276. The quantitative estimate of drug-likeness (QED) is 0.205. The molecule has 1 amide bonds. The molecule has 7 heteroatoms. The molecule has 5 rings (SSSR count). The maximum absolute atomic E-state index is 12.4. The van der Waals surface area contributed by atoms with Gasteiger partial charge in [-0.3, -0.25) is 0 Å². The monoisotopic (exact) mass is 507 g/mol. The second-order valence-electron chi connectivity index (χ2n) is 6.95. The number of anilines is 3. The van der Waals surface area contributed by atoms with Gasteiger partial charge in [-0.05, 0) is 0 Å². The number of hydrogen-bond donors (Lipinski definition) is 0. The molecule has 0 atom stereocenters. The molecule has 152 valence electrons. The number of hydrogen-bond acceptors (Lipinski definition) is 5. The zero-order chi connectivity index (χ0) is 21.4. The molecule has 4 aromatic rings. The number of thioether (sulfide) groups is 1. The van der Waals surface area contributed by atoms with Crippen molar-refractivity contribution in [3.63, 3.8) is 0 Å². The number of nitrogens with zero attached hydrogens (tertiary/aromatic N) is 3. The van der Waals surface area contributed by atoms with Gasteiger partial charge in [0.2, 0.25) is 0 Å². The number of benzene rings is 2. The van der Waals surface area contributed by atoms with Crippen molar-refractivity contribution in [2.24, 2.45) is 0 Å². The fourth-order valence-electron chi connectivity index (χ4n) is 3.34. The molecule has 0 aliphatic carbocycles. The molecule has 0 radical (unpaired) electrons. The van der Waals surface area contributed by atoms with Crippen molar-refractivity contribution in [2.75, 3.05) is 11.9 Å². The van der Waals surface area contributed by atoms with E-state index in [4.69, 9.17) is 17.2 Å². The van der Waals surface area contributed by atoms with Crippen molar-refractivity contribution in [3.05, 3.63) is 88.2 Å². The van der Waals surface area contributed by atoms with Crippen LogP contribution in [-0.4, -0.2) is 41.7 Å². The van der Waals surface area contributed by atoms with Crippen molar-refractivity contribution >= 4 is 81.8 Å². The van der Waals surface area contributed by atoms with Crippen LogP contribution in [0.3, 0.4) is 0 Å². The number of rotatable bonds is 4. The molecule has 0 spiro atoms. The Morgan fingerprint density at radius 3 is 2.55 bits per heavy atom. The summed E-state index contributed by atoms with van der Waals surface area (Å²) in [5.41, 5.74) is 2.03. The summed E-state index contributed by atoms with van der Waals surface area (Å²) in [6, 6.07) is 26.8. The van der Waals surface area contributed by atoms with E-state index in [0.717, 1.165) is 26.8 Å². The standard InChI is InChI=1S/C24H17N3OS2Se/c1-26-23(28)20(30-24(26)29)15-18-12-14-22(31-18)27(17-8-3-2-4-9-17)21-13-11-16-7-5-6-10-19(16)25-21/h2-15H,1H3/b20-15+. The number of thiocarbonyl (C=S) groups is 1. The number of aromatic nitrogens is 1. The molecule has 0 saturated carbocycles. The van der Waals surface area contributed by atoms with E-state index < -0.39 is 0 Å². The molecular weight excluding hydrogens is 489 g/mol. The summed E-state index contributed by atoms with van der Waals surface area (Å²) in [4.78, 5) is 21.7. The summed E-state index contributed by atoms with van der Waals surface area (Å²) in [5.74, 6) is 0.851. The summed E-state index contributed by atoms with van der Waals surface area (Å²) >= 11 is 6.64. The number of para-hydroxylation sites is 2. The van der Waals surface area contributed by atoms with Crippen LogP contribution in [0.5, 0.6) is 0 Å². The maximum atomic E-state index is 12.4. The molecule has 1 aliphatic heterocycles. The third-order valence-electron chi connectivity index (χ3n) is 4.92. The van der Waals surface area contributed by atoms with Gasteiger partial charge in [-0.15, -0.1) is 0 Å². The molecule has 3 heterocycles. The number of fused-ring (bicyclic) bond motifs is 1. The van der Waals surface area contributed by atoms with Crippen LogP contribution in [-0.2, 0) is 4.79 Å². The number of pyridine rings is 1. The van der Waals surface area contributed by atoms with E-state index in [1.54, 1.807) is 7.05 Å². The molecule has 2 aromatic heterocycles. The molecule has 2 aromatic carbocycles. The second kappa shape index (κ2) is 8.44. The minimum atomic E-state index is -0.0312. The summed E-state index contributed by atoms with van der Waals surface area (Å²) in [6.45, 7) is 0. The Morgan fingerprint density at radius 1 is 1.00 bits per heavy atom. The van der Waals surface area contributed by atoms with Gasteiger partial charge < -0.3 is 0 Å². The molecule has 0 bridgehead atoms. The van der Waals surface area contributed by atoms with E-state index >= 15 is 0 Å². The average molecular weight is 507 g/mol. The zero-order valence-electron chi connectivity index (χ0n) is 16.6. The van der Waals surface area contributed by atoms with Gasteiger partial charge in [-0.2, -0.15) is 0 Å². The van der Waals surface area contributed by atoms with Crippen LogP contribution in [0.2, 0.25) is 0 Å². The Morgan fingerprint density at radius 2 is 1.77 bits per heavy atom. The van der Waals surface area contributed by atoms with Crippen LogP contribution >= 0.6 is 24.0 Å². The van der Waals surface area contributed by atoms with Crippen molar-refractivity contribution in [2.45, 2.75) is 0 Å². The molecule has 4 nitrogen and oxygen atoms in total. The third kappa shape index (κ3) is 3.98. The molecule has 1 aliphatic rings. The summed E-state index contributed by atoms with van der Waals surface area (Å²) in [7, 11) is 1.72. The van der Waals surface area contributed by atoms with E-state index in [0.29, 0.717) is 9.23 Å². The first-order chi connectivity index (χ1) is 15.1. The van der Waals surface area contributed by atoms with Crippen molar-refractivity contribution in [3.8, 4) is 0 Å². The first kappa shape index (κ1) is 20.2. The average Bonchev–Trinajstić information content (AvgIpc) is 3.35. The fraction of sp³-hybridized carbons (Fsp3) is 0.0417. The van der Waals surface area contributed by atoms with E-state index in [9.17, 15) is 4.79 Å². The van der Waals surface area contributed by atoms with Gasteiger partial charge in [0.25, 0.3) is 0 Å². The summed E-state index contributed by atoms with van der Waals surface area (Å²) in [6.07, 6.45) is 1.98. The van der Waals surface area contributed by atoms with Crippen LogP contribution < -0.4 is 4.90 Å². The molecule has 1 saturated heterocycles. The Bertz CT molecular complexity index is 1330. The Kier molecular flexibility index (Phi) is 5.50. The SMILES string of the molecule is CN1C(=O)/C(=C\c2ccc(N(c3ccccc3)c3ccc4ccccc4n3)[se]2)SC1=S. The summed E-state index contributed by atoms with van der Waals surface area (Å²) in [5, 5.41) is 1.12. The fourth-order valence-corrected chi connectivity index (χ4v) is 6.74. The van der Waals surface area contributed by atoms with Crippen LogP contribution in [0.25, 0.3) is 17.0 Å².